The zero-order chi connectivity index (χ0) is 12.5. The van der Waals surface area contributed by atoms with Crippen LogP contribution in [0, 0.1) is 6.92 Å². The molecule has 1 aliphatic heterocycles. The third kappa shape index (κ3) is 2.61. The molecule has 1 aromatic rings. The van der Waals surface area contributed by atoms with Crippen molar-refractivity contribution in [2.24, 2.45) is 5.11 Å². The van der Waals surface area contributed by atoms with Crippen LogP contribution in [0.5, 0.6) is 0 Å². The van der Waals surface area contributed by atoms with E-state index in [0.717, 1.165) is 5.76 Å². The lowest BCUT2D eigenvalue weighted by atomic mass is 10.1. The van der Waals surface area contributed by atoms with E-state index in [2.05, 4.69) is 10.0 Å². The molecule has 0 aromatic carbocycles. The molecule has 0 spiro atoms. The van der Waals surface area contributed by atoms with Gasteiger partial charge in [0, 0.05) is 4.91 Å². The largest absolute Gasteiger partial charge is 0.466 e. The number of hydrogen-bond acceptors (Lipinski definition) is 4. The van der Waals surface area contributed by atoms with Gasteiger partial charge in [0.25, 0.3) is 0 Å². The van der Waals surface area contributed by atoms with E-state index in [-0.39, 0.29) is 6.10 Å². The van der Waals surface area contributed by atoms with Gasteiger partial charge in [-0.2, -0.15) is 0 Å². The molecule has 0 bridgehead atoms. The average Bonchev–Trinajstić information content (AvgIpc) is 2.81. The minimum absolute atomic E-state index is 0.313. The highest BCUT2D eigenvalue weighted by Gasteiger charge is 2.38. The minimum Gasteiger partial charge on any atom is -0.466 e. The van der Waals surface area contributed by atoms with Crippen molar-refractivity contribution in [1.29, 1.82) is 0 Å². The molecule has 0 saturated carbocycles. The Kier molecular flexibility index (Phi) is 3.11. The maximum Gasteiger partial charge on any atom is 0.163 e. The van der Waals surface area contributed by atoms with Crippen molar-refractivity contribution in [2.75, 3.05) is 6.61 Å². The molecule has 6 heteroatoms. The lowest BCUT2D eigenvalue weighted by molar-refractivity contribution is -0.141. The number of ether oxygens (including phenoxy) is 2. The summed E-state index contributed by atoms with van der Waals surface area (Å²) in [5, 5.41) is 3.74. The van der Waals surface area contributed by atoms with Crippen LogP contribution in [0.1, 0.15) is 31.4 Å². The maximum atomic E-state index is 8.62. The van der Waals surface area contributed by atoms with E-state index in [9.17, 15) is 0 Å². The smallest absolute Gasteiger partial charge is 0.163 e. The highest BCUT2D eigenvalue weighted by atomic mass is 16.7. The summed E-state index contributed by atoms with van der Waals surface area (Å²) in [6, 6.07) is 3.13. The predicted octanol–water partition coefficient (Wildman–Crippen LogP) is 3.09. The third-order valence-electron chi connectivity index (χ3n) is 2.61. The number of aryl methyl sites for hydroxylation is 1. The van der Waals surface area contributed by atoms with E-state index in [1.165, 1.54) is 0 Å². The molecule has 0 amide bonds. The summed E-state index contributed by atoms with van der Waals surface area (Å²) >= 11 is 0. The van der Waals surface area contributed by atoms with Gasteiger partial charge in [0.2, 0.25) is 0 Å². The first kappa shape index (κ1) is 12.0. The zero-order valence-electron chi connectivity index (χ0n) is 10.1. The van der Waals surface area contributed by atoms with Crippen LogP contribution < -0.4 is 0 Å². The Morgan fingerprint density at radius 2 is 2.29 bits per heavy atom. The highest BCUT2D eigenvalue weighted by Crippen LogP contribution is 2.33. The molecule has 1 aliphatic rings. The fourth-order valence-electron chi connectivity index (χ4n) is 1.85. The van der Waals surface area contributed by atoms with Crippen LogP contribution in [0.4, 0.5) is 0 Å². The Morgan fingerprint density at radius 3 is 2.76 bits per heavy atom. The second kappa shape index (κ2) is 4.41. The number of furan rings is 1. The van der Waals surface area contributed by atoms with Crippen molar-refractivity contribution in [2.45, 2.75) is 38.7 Å². The van der Waals surface area contributed by atoms with Crippen LogP contribution in [0.25, 0.3) is 10.4 Å². The van der Waals surface area contributed by atoms with E-state index < -0.39 is 11.8 Å². The van der Waals surface area contributed by atoms with Gasteiger partial charge in [0.15, 0.2) is 5.79 Å². The fraction of sp³-hybridized carbons (Fsp3) is 0.636. The number of rotatable bonds is 3. The van der Waals surface area contributed by atoms with Crippen LogP contribution in [-0.2, 0) is 9.47 Å². The first-order valence-electron chi connectivity index (χ1n) is 5.44. The number of azide groups is 1. The van der Waals surface area contributed by atoms with Gasteiger partial charge in [-0.25, -0.2) is 0 Å². The van der Waals surface area contributed by atoms with Gasteiger partial charge in [-0.3, -0.25) is 0 Å². The molecule has 0 aliphatic carbocycles. The first-order chi connectivity index (χ1) is 8.02. The average molecular weight is 237 g/mol. The third-order valence-corrected chi connectivity index (χ3v) is 2.61. The second-order valence-corrected chi connectivity index (χ2v) is 4.47. The summed E-state index contributed by atoms with van der Waals surface area (Å²) in [5.41, 5.74) is 8.62. The highest BCUT2D eigenvalue weighted by molar-refractivity contribution is 5.12. The summed E-state index contributed by atoms with van der Waals surface area (Å²) in [4.78, 5) is 2.84. The van der Waals surface area contributed by atoms with E-state index in [1.54, 1.807) is 6.07 Å². The molecule has 2 rings (SSSR count). The molecule has 1 saturated heterocycles. The van der Waals surface area contributed by atoms with Gasteiger partial charge in [0.05, 0.1) is 12.7 Å². The Bertz CT molecular complexity index is 449. The van der Waals surface area contributed by atoms with Gasteiger partial charge in [-0.1, -0.05) is 5.11 Å². The van der Waals surface area contributed by atoms with E-state index in [1.807, 2.05) is 26.8 Å². The van der Waals surface area contributed by atoms with Crippen molar-refractivity contribution in [1.82, 2.24) is 0 Å². The molecule has 1 aromatic heterocycles. The van der Waals surface area contributed by atoms with Crippen molar-refractivity contribution in [3.05, 3.63) is 34.1 Å². The lowest BCUT2D eigenvalue weighted by Gasteiger charge is -2.19. The molecule has 0 radical (unpaired) electrons. The van der Waals surface area contributed by atoms with Crippen LogP contribution >= 0.6 is 0 Å². The quantitative estimate of drug-likeness (QED) is 0.460. The molecule has 17 heavy (non-hydrogen) atoms. The van der Waals surface area contributed by atoms with Crippen LogP contribution in [0.2, 0.25) is 0 Å². The van der Waals surface area contributed by atoms with Crippen LogP contribution in [-0.4, -0.2) is 18.5 Å². The summed E-state index contributed by atoms with van der Waals surface area (Å²) in [6.45, 7) is 5.88. The van der Waals surface area contributed by atoms with E-state index in [4.69, 9.17) is 19.4 Å². The summed E-state index contributed by atoms with van der Waals surface area (Å²) in [6.07, 6.45) is -0.313. The van der Waals surface area contributed by atoms with Gasteiger partial charge in [0.1, 0.15) is 17.6 Å². The van der Waals surface area contributed by atoms with E-state index in [0.29, 0.717) is 12.4 Å². The number of hydrogen-bond donors (Lipinski definition) is 0. The van der Waals surface area contributed by atoms with Crippen molar-refractivity contribution in [3.8, 4) is 0 Å². The molecular formula is C11H15N3O3. The molecular weight excluding hydrogens is 222 g/mol. The topological polar surface area (TPSA) is 80.4 Å². The first-order valence-corrected chi connectivity index (χ1v) is 5.44. The van der Waals surface area contributed by atoms with E-state index >= 15 is 0 Å². The molecule has 0 N–H and O–H groups in total. The van der Waals surface area contributed by atoms with Crippen LogP contribution in [0.15, 0.2) is 21.7 Å². The maximum absolute atomic E-state index is 8.62. The summed E-state index contributed by atoms with van der Waals surface area (Å²) in [7, 11) is 0. The molecule has 2 atom stereocenters. The van der Waals surface area contributed by atoms with Gasteiger partial charge >= 0.3 is 0 Å². The Balaban J connectivity index is 2.22. The zero-order valence-corrected chi connectivity index (χ0v) is 10.1. The van der Waals surface area contributed by atoms with Gasteiger partial charge in [-0.05, 0) is 38.4 Å². The van der Waals surface area contributed by atoms with Crippen molar-refractivity contribution >= 4 is 0 Å². The molecule has 2 unspecified atom stereocenters. The Labute approximate surface area is 99.1 Å². The molecule has 1 fully saturated rings. The predicted molar refractivity (Wildman–Crippen MR) is 60.2 cm³/mol. The lowest BCUT2D eigenvalue weighted by Crippen LogP contribution is -2.24. The normalized spacial score (nSPS) is 24.3. The fourth-order valence-corrected chi connectivity index (χ4v) is 1.85. The van der Waals surface area contributed by atoms with Crippen molar-refractivity contribution < 1.29 is 13.9 Å². The van der Waals surface area contributed by atoms with Crippen LogP contribution in [0.3, 0.4) is 0 Å². The summed E-state index contributed by atoms with van der Waals surface area (Å²) < 4.78 is 16.6. The number of nitrogens with zero attached hydrogens (tertiary/aromatic N) is 3. The second-order valence-electron chi connectivity index (χ2n) is 4.47. The Morgan fingerprint density at radius 1 is 1.53 bits per heavy atom. The summed E-state index contributed by atoms with van der Waals surface area (Å²) in [5.74, 6) is 0.734. The monoisotopic (exact) mass is 237 g/mol. The minimum atomic E-state index is -0.643. The van der Waals surface area contributed by atoms with Gasteiger partial charge < -0.3 is 13.9 Å². The Hall–Kier alpha value is -1.49. The SMILES string of the molecule is Cc1ccc(C(N=[N+]=[N-])C2COC(C)(C)O2)o1. The standard InChI is InChI=1S/C11H15N3O3/c1-7-4-5-8(16-7)10(13-14-12)9-6-15-11(2,3)17-9/h4-5,9-10H,6H2,1-3H3. The molecule has 92 valence electrons. The molecule has 2 heterocycles. The molecule has 6 nitrogen and oxygen atoms in total. The van der Waals surface area contributed by atoms with Gasteiger partial charge in [-0.15, -0.1) is 0 Å². The van der Waals surface area contributed by atoms with Crippen molar-refractivity contribution in [3.63, 3.8) is 0 Å².